The second-order valence-electron chi connectivity index (χ2n) is 9.75. The van der Waals surface area contributed by atoms with E-state index in [0.29, 0.717) is 18.9 Å². The summed E-state index contributed by atoms with van der Waals surface area (Å²) in [5, 5.41) is 3.57. The number of pyridine rings is 1. The molecule has 1 amide bonds. The Labute approximate surface area is 189 Å². The predicted octanol–water partition coefficient (Wildman–Crippen LogP) is 4.70. The molecular formula is C26H29N5O. The molecule has 1 aromatic carbocycles. The van der Waals surface area contributed by atoms with Crippen LogP contribution in [0.1, 0.15) is 49.6 Å². The van der Waals surface area contributed by atoms with Crippen molar-refractivity contribution in [3.05, 3.63) is 65.1 Å². The fourth-order valence-corrected chi connectivity index (χ4v) is 4.58. The fourth-order valence-electron chi connectivity index (χ4n) is 4.58. The van der Waals surface area contributed by atoms with Gasteiger partial charge in [0.05, 0.1) is 12.2 Å². The highest BCUT2D eigenvalue weighted by molar-refractivity contribution is 5.82. The molecule has 0 saturated heterocycles. The molecule has 2 aliphatic rings. The van der Waals surface area contributed by atoms with Crippen LogP contribution < -0.4 is 5.32 Å². The average molecular weight is 428 g/mol. The molecular weight excluding hydrogens is 398 g/mol. The lowest BCUT2D eigenvalue weighted by atomic mass is 9.93. The number of aromatic nitrogens is 3. The van der Waals surface area contributed by atoms with Gasteiger partial charge < -0.3 is 10.2 Å². The van der Waals surface area contributed by atoms with E-state index in [9.17, 15) is 4.79 Å². The summed E-state index contributed by atoms with van der Waals surface area (Å²) in [5.41, 5.74) is 6.43. The summed E-state index contributed by atoms with van der Waals surface area (Å²) >= 11 is 0. The van der Waals surface area contributed by atoms with Gasteiger partial charge in [-0.15, -0.1) is 0 Å². The van der Waals surface area contributed by atoms with Crippen LogP contribution in [-0.2, 0) is 30.6 Å². The molecule has 1 aliphatic carbocycles. The van der Waals surface area contributed by atoms with Crippen LogP contribution >= 0.6 is 0 Å². The first-order chi connectivity index (χ1) is 15.4. The number of amides is 1. The van der Waals surface area contributed by atoms with E-state index in [-0.39, 0.29) is 5.91 Å². The Hall–Kier alpha value is -3.28. The summed E-state index contributed by atoms with van der Waals surface area (Å²) < 4.78 is 0. The van der Waals surface area contributed by atoms with Gasteiger partial charge in [0.2, 0.25) is 5.91 Å². The lowest BCUT2D eigenvalue weighted by Gasteiger charge is -2.34. The van der Waals surface area contributed by atoms with Crippen LogP contribution in [0.25, 0.3) is 11.4 Å². The number of anilines is 2. The maximum Gasteiger partial charge on any atom is 0.228 e. The van der Waals surface area contributed by atoms with Crippen LogP contribution in [0.5, 0.6) is 0 Å². The summed E-state index contributed by atoms with van der Waals surface area (Å²) in [6.07, 6.45) is 7.75. The Kier molecular flexibility index (Phi) is 5.16. The standard InChI is InChI=1S/C26H29N5O/c1-26(2,3)25(32)31-14-11-22-21(16-31)24(30-23(29-22)18-9-12-27-13-10-18)28-20-8-7-17-5-4-6-19(17)15-20/h7-10,12-13,15H,4-6,11,14,16H2,1-3H3,(H,28,29,30). The van der Waals surface area contributed by atoms with Crippen molar-refractivity contribution >= 4 is 17.4 Å². The minimum atomic E-state index is -0.414. The van der Waals surface area contributed by atoms with Crippen molar-refractivity contribution < 1.29 is 4.79 Å². The lowest BCUT2D eigenvalue weighted by molar-refractivity contribution is -0.140. The van der Waals surface area contributed by atoms with Gasteiger partial charge in [-0.05, 0) is 54.7 Å². The maximum absolute atomic E-state index is 13.0. The van der Waals surface area contributed by atoms with E-state index in [0.717, 1.165) is 47.6 Å². The van der Waals surface area contributed by atoms with E-state index in [2.05, 4.69) is 28.5 Å². The number of nitrogens with zero attached hydrogens (tertiary/aromatic N) is 4. The molecule has 5 rings (SSSR count). The Bertz CT molecular complexity index is 1170. The number of hydrogen-bond acceptors (Lipinski definition) is 5. The molecule has 0 unspecified atom stereocenters. The van der Waals surface area contributed by atoms with Gasteiger partial charge in [0.25, 0.3) is 0 Å². The van der Waals surface area contributed by atoms with E-state index in [4.69, 9.17) is 9.97 Å². The van der Waals surface area contributed by atoms with Crippen molar-refractivity contribution in [2.45, 2.75) is 53.0 Å². The molecule has 3 heterocycles. The topological polar surface area (TPSA) is 71.0 Å². The van der Waals surface area contributed by atoms with Crippen molar-refractivity contribution in [3.63, 3.8) is 0 Å². The zero-order valence-corrected chi connectivity index (χ0v) is 19.0. The van der Waals surface area contributed by atoms with Gasteiger partial charge in [0, 0.05) is 47.6 Å². The Balaban J connectivity index is 1.55. The van der Waals surface area contributed by atoms with Crippen molar-refractivity contribution in [1.29, 1.82) is 0 Å². The molecule has 0 atom stereocenters. The van der Waals surface area contributed by atoms with Crippen LogP contribution in [0.15, 0.2) is 42.7 Å². The van der Waals surface area contributed by atoms with Crippen molar-refractivity contribution in [1.82, 2.24) is 19.9 Å². The minimum absolute atomic E-state index is 0.157. The first kappa shape index (κ1) is 20.6. The molecule has 32 heavy (non-hydrogen) atoms. The van der Waals surface area contributed by atoms with Crippen molar-refractivity contribution in [2.75, 3.05) is 11.9 Å². The highest BCUT2D eigenvalue weighted by atomic mass is 16.2. The predicted molar refractivity (Wildman–Crippen MR) is 126 cm³/mol. The molecule has 1 N–H and O–H groups in total. The summed E-state index contributed by atoms with van der Waals surface area (Å²) in [7, 11) is 0. The first-order valence-corrected chi connectivity index (χ1v) is 11.4. The molecule has 0 saturated carbocycles. The number of hydrogen-bond donors (Lipinski definition) is 1. The number of rotatable bonds is 3. The van der Waals surface area contributed by atoms with Gasteiger partial charge >= 0.3 is 0 Å². The normalized spacial score (nSPS) is 15.3. The molecule has 6 heteroatoms. The van der Waals surface area contributed by atoms with E-state index < -0.39 is 5.41 Å². The highest BCUT2D eigenvalue weighted by Crippen LogP contribution is 2.32. The lowest BCUT2D eigenvalue weighted by Crippen LogP contribution is -2.42. The van der Waals surface area contributed by atoms with Crippen molar-refractivity contribution in [3.8, 4) is 11.4 Å². The van der Waals surface area contributed by atoms with E-state index in [1.54, 1.807) is 12.4 Å². The number of nitrogens with one attached hydrogen (secondary N) is 1. The molecule has 2 aromatic heterocycles. The third-order valence-corrected chi connectivity index (χ3v) is 6.29. The summed E-state index contributed by atoms with van der Waals surface area (Å²) in [6, 6.07) is 10.4. The average Bonchev–Trinajstić information content (AvgIpc) is 3.26. The number of carbonyl (C=O) groups is 1. The Morgan fingerprint density at radius 2 is 1.78 bits per heavy atom. The third-order valence-electron chi connectivity index (χ3n) is 6.29. The molecule has 0 radical (unpaired) electrons. The van der Waals surface area contributed by atoms with Gasteiger partial charge in [-0.3, -0.25) is 9.78 Å². The van der Waals surface area contributed by atoms with Crippen molar-refractivity contribution in [2.24, 2.45) is 5.41 Å². The summed E-state index contributed by atoms with van der Waals surface area (Å²) in [4.78, 5) is 28.8. The summed E-state index contributed by atoms with van der Waals surface area (Å²) in [6.45, 7) is 7.11. The first-order valence-electron chi connectivity index (χ1n) is 11.4. The van der Waals surface area contributed by atoms with Crippen LogP contribution in [0.3, 0.4) is 0 Å². The molecule has 6 nitrogen and oxygen atoms in total. The second kappa shape index (κ2) is 8.01. The number of fused-ring (bicyclic) bond motifs is 2. The van der Waals surface area contributed by atoms with Gasteiger partial charge in [-0.1, -0.05) is 26.8 Å². The summed E-state index contributed by atoms with van der Waals surface area (Å²) in [5.74, 6) is 1.63. The highest BCUT2D eigenvalue weighted by Gasteiger charge is 2.32. The molecule has 1 aliphatic heterocycles. The maximum atomic E-state index is 13.0. The molecule has 3 aromatic rings. The second-order valence-corrected chi connectivity index (χ2v) is 9.75. The van der Waals surface area contributed by atoms with Crippen LogP contribution in [0.4, 0.5) is 11.5 Å². The fraction of sp³-hybridized carbons (Fsp3) is 0.385. The van der Waals surface area contributed by atoms with Crippen LogP contribution in [0, 0.1) is 5.41 Å². The smallest absolute Gasteiger partial charge is 0.228 e. The molecule has 0 bridgehead atoms. The van der Waals surface area contributed by atoms with Crippen LogP contribution in [-0.4, -0.2) is 32.3 Å². The third kappa shape index (κ3) is 3.97. The van der Waals surface area contributed by atoms with Gasteiger partial charge in [-0.25, -0.2) is 9.97 Å². The zero-order chi connectivity index (χ0) is 22.3. The van der Waals surface area contributed by atoms with E-state index in [1.807, 2.05) is 37.8 Å². The quantitative estimate of drug-likeness (QED) is 0.656. The monoisotopic (exact) mass is 427 g/mol. The SMILES string of the molecule is CC(C)(C)C(=O)N1CCc2nc(-c3ccncc3)nc(Nc3ccc4c(c3)CCC4)c2C1. The molecule has 0 spiro atoms. The van der Waals surface area contributed by atoms with E-state index in [1.165, 1.54) is 17.5 Å². The van der Waals surface area contributed by atoms with Gasteiger partial charge in [-0.2, -0.15) is 0 Å². The van der Waals surface area contributed by atoms with Gasteiger partial charge in [0.15, 0.2) is 5.82 Å². The minimum Gasteiger partial charge on any atom is -0.340 e. The van der Waals surface area contributed by atoms with Gasteiger partial charge in [0.1, 0.15) is 5.82 Å². The zero-order valence-electron chi connectivity index (χ0n) is 19.0. The largest absolute Gasteiger partial charge is 0.340 e. The Morgan fingerprint density at radius 1 is 1.00 bits per heavy atom. The van der Waals surface area contributed by atoms with Crippen LogP contribution in [0.2, 0.25) is 0 Å². The number of carbonyl (C=O) groups excluding carboxylic acids is 1. The molecule has 164 valence electrons. The molecule has 0 fully saturated rings. The number of benzene rings is 1. The Morgan fingerprint density at radius 3 is 2.56 bits per heavy atom. The number of aryl methyl sites for hydroxylation is 2. The van der Waals surface area contributed by atoms with E-state index >= 15 is 0 Å².